The lowest BCUT2D eigenvalue weighted by molar-refractivity contribution is -0.167. The van der Waals surface area contributed by atoms with Crippen molar-refractivity contribution in [1.82, 2.24) is 16.0 Å². The van der Waals surface area contributed by atoms with E-state index in [-0.39, 0.29) is 17.4 Å². The fraction of sp³-hybridized carbons (Fsp3) is 1.00. The van der Waals surface area contributed by atoms with E-state index in [4.69, 9.17) is 4.18 Å². The van der Waals surface area contributed by atoms with Crippen molar-refractivity contribution >= 4 is 10.4 Å². The van der Waals surface area contributed by atoms with Crippen molar-refractivity contribution < 1.29 is 22.3 Å². The van der Waals surface area contributed by atoms with Crippen molar-refractivity contribution in [1.29, 1.82) is 0 Å². The highest BCUT2D eigenvalue weighted by molar-refractivity contribution is 7.80. The van der Waals surface area contributed by atoms with Gasteiger partial charge < -0.3 is 21.1 Å². The molecule has 0 aromatic heterocycles. The minimum Gasteiger partial charge on any atom is -0.393 e. The zero-order valence-electron chi connectivity index (χ0n) is 30.4. The third kappa shape index (κ3) is 9.48. The van der Waals surface area contributed by atoms with Crippen LogP contribution in [0.4, 0.5) is 0 Å². The highest BCUT2D eigenvalue weighted by Crippen LogP contribution is 2.68. The molecule has 0 heterocycles. The van der Waals surface area contributed by atoms with Crippen LogP contribution in [0.1, 0.15) is 126 Å². The molecule has 4 fully saturated rings. The van der Waals surface area contributed by atoms with E-state index in [0.717, 1.165) is 57.9 Å². The maximum atomic E-state index is 11.8. The van der Waals surface area contributed by atoms with Crippen LogP contribution in [0.25, 0.3) is 0 Å². The zero-order chi connectivity index (χ0) is 33.7. The number of fused-ring (bicyclic) bond motifs is 5. The minimum absolute atomic E-state index is 0.0155. The monoisotopic (exact) mass is 670 g/mol. The molecular weight excluding hydrogens is 598 g/mol. The average Bonchev–Trinajstić information content (AvgIpc) is 3.33. The molecule has 0 aromatic carbocycles. The summed E-state index contributed by atoms with van der Waals surface area (Å²) in [5, 5.41) is 22.8. The van der Waals surface area contributed by atoms with Gasteiger partial charge in [0.1, 0.15) is 0 Å². The van der Waals surface area contributed by atoms with Gasteiger partial charge in [-0.2, -0.15) is 8.42 Å². The van der Waals surface area contributed by atoms with E-state index in [1.54, 1.807) is 0 Å². The van der Waals surface area contributed by atoms with Crippen LogP contribution in [0, 0.1) is 58.2 Å². The largest absolute Gasteiger partial charge is 0.397 e. The molecule has 4 saturated carbocycles. The molecule has 0 amide bonds. The highest BCUT2D eigenvalue weighted by Gasteiger charge is 2.62. The van der Waals surface area contributed by atoms with E-state index in [9.17, 15) is 18.1 Å². The summed E-state index contributed by atoms with van der Waals surface area (Å²) in [6.45, 7) is 21.2. The van der Waals surface area contributed by atoms with E-state index in [1.165, 1.54) is 51.4 Å². The molecule has 0 aromatic rings. The number of aliphatic hydroxyl groups excluding tert-OH is 1. The first-order valence-corrected chi connectivity index (χ1v) is 20.5. The number of hydrogen-bond donors (Lipinski definition) is 5. The molecule has 4 aliphatic rings. The summed E-state index contributed by atoms with van der Waals surface area (Å²) in [7, 11) is -4.46. The van der Waals surface area contributed by atoms with Crippen molar-refractivity contribution in [2.75, 3.05) is 32.7 Å². The maximum Gasteiger partial charge on any atom is 0.397 e. The normalized spacial score (nSPS) is 37.6. The molecule has 5 N–H and O–H groups in total. The van der Waals surface area contributed by atoms with Crippen molar-refractivity contribution in [3.8, 4) is 0 Å². The van der Waals surface area contributed by atoms with Crippen LogP contribution in [-0.4, -0.2) is 69.1 Å². The predicted molar refractivity (Wildman–Crippen MR) is 188 cm³/mol. The lowest BCUT2D eigenvalue weighted by Crippen LogP contribution is -2.59. The first kappa shape index (κ1) is 38.5. The minimum atomic E-state index is -4.46. The van der Waals surface area contributed by atoms with Crippen molar-refractivity contribution in [2.45, 2.75) is 144 Å². The maximum absolute atomic E-state index is 11.8. The Morgan fingerprint density at radius 1 is 0.804 bits per heavy atom. The first-order chi connectivity index (χ1) is 21.7. The number of aliphatic hydroxyl groups is 1. The van der Waals surface area contributed by atoms with Crippen LogP contribution in [0.15, 0.2) is 0 Å². The van der Waals surface area contributed by atoms with Crippen LogP contribution >= 0.6 is 0 Å². The van der Waals surface area contributed by atoms with E-state index < -0.39 is 16.5 Å². The van der Waals surface area contributed by atoms with Gasteiger partial charge in [0.05, 0.1) is 12.2 Å². The summed E-state index contributed by atoms with van der Waals surface area (Å²) in [6, 6.07) is 0.574. The van der Waals surface area contributed by atoms with Crippen molar-refractivity contribution in [3.05, 3.63) is 0 Å². The van der Waals surface area contributed by atoms with Crippen LogP contribution < -0.4 is 16.0 Å². The molecule has 0 spiro atoms. The van der Waals surface area contributed by atoms with Crippen molar-refractivity contribution in [3.63, 3.8) is 0 Å². The average molecular weight is 670 g/mol. The van der Waals surface area contributed by atoms with Gasteiger partial charge in [-0.25, -0.2) is 4.18 Å². The number of nitrogens with one attached hydrogen (secondary N) is 3. The third-order valence-electron chi connectivity index (χ3n) is 13.7. The molecule has 4 rings (SSSR count). The second kappa shape index (κ2) is 16.6. The second-order valence-corrected chi connectivity index (χ2v) is 18.4. The van der Waals surface area contributed by atoms with Gasteiger partial charge in [-0.3, -0.25) is 4.55 Å². The van der Waals surface area contributed by atoms with Crippen LogP contribution in [0.2, 0.25) is 0 Å². The molecular formula is C37H71N3O5S. The van der Waals surface area contributed by atoms with E-state index in [0.29, 0.717) is 53.4 Å². The summed E-state index contributed by atoms with van der Waals surface area (Å²) in [4.78, 5) is 0. The highest BCUT2D eigenvalue weighted by atomic mass is 32.3. The van der Waals surface area contributed by atoms with Gasteiger partial charge in [-0.05, 0) is 155 Å². The SMILES string of the molecule is CC(C)CCNCCNCCCN[C@H]1CC[C@]2(C)C3CC[C@@]4(C)C(CC[C@@H]4[C@H](C)CC[C@@H](OS(=O)(=O)O)C(C)C)C3[C@H](O)C[C@@H]2C1. The quantitative estimate of drug-likeness (QED) is 0.0835. The lowest BCUT2D eigenvalue weighted by Gasteiger charge is -2.62. The lowest BCUT2D eigenvalue weighted by atomic mass is 9.43. The summed E-state index contributed by atoms with van der Waals surface area (Å²) in [6.07, 6.45) is 12.8. The number of hydrogen-bond acceptors (Lipinski definition) is 7. The molecule has 46 heavy (non-hydrogen) atoms. The summed E-state index contributed by atoms with van der Waals surface area (Å²) in [5.74, 6) is 3.98. The van der Waals surface area contributed by atoms with Gasteiger partial charge in [0, 0.05) is 19.1 Å². The second-order valence-electron chi connectivity index (χ2n) is 17.3. The molecule has 0 bridgehead atoms. The van der Waals surface area contributed by atoms with E-state index in [1.807, 2.05) is 13.8 Å². The molecule has 3 unspecified atom stereocenters. The van der Waals surface area contributed by atoms with Crippen LogP contribution in [0.3, 0.4) is 0 Å². The van der Waals surface area contributed by atoms with Crippen LogP contribution in [-0.2, 0) is 14.6 Å². The Kier molecular flexibility index (Phi) is 13.9. The van der Waals surface area contributed by atoms with Crippen LogP contribution in [0.5, 0.6) is 0 Å². The Morgan fingerprint density at radius 3 is 2.15 bits per heavy atom. The van der Waals surface area contributed by atoms with E-state index >= 15 is 0 Å². The summed E-state index contributed by atoms with van der Waals surface area (Å²) >= 11 is 0. The Morgan fingerprint density at radius 2 is 1.48 bits per heavy atom. The molecule has 11 atom stereocenters. The first-order valence-electron chi connectivity index (χ1n) is 19.1. The van der Waals surface area contributed by atoms with Gasteiger partial charge in [0.15, 0.2) is 0 Å². The Bertz CT molecular complexity index is 1040. The van der Waals surface area contributed by atoms with E-state index in [2.05, 4.69) is 50.6 Å². The molecule has 270 valence electrons. The fourth-order valence-corrected chi connectivity index (χ4v) is 11.6. The molecule has 8 nitrogen and oxygen atoms in total. The topological polar surface area (TPSA) is 120 Å². The standard InChI is InChI=1S/C37H71N3O5S/c1-25(2)15-20-39-22-21-38-18-8-19-40-29-13-16-36(6)28(23-29)24-33(41)35-31-11-10-30(37(31,7)17-14-32(35)36)27(5)9-12-34(26(3)4)45-46(42,43)44/h25-35,38-41H,8-24H2,1-7H3,(H,42,43,44)/t27-,28+,29+,30-,31?,32?,33-,34-,35?,36+,37-/m1/s1. The Hall–Kier alpha value is -0.290. The molecule has 0 aliphatic heterocycles. The molecule has 4 aliphatic carbocycles. The summed E-state index contributed by atoms with van der Waals surface area (Å²) in [5.41, 5.74) is 0.549. The molecule has 0 saturated heterocycles. The van der Waals surface area contributed by atoms with Gasteiger partial charge in [0.2, 0.25) is 0 Å². The molecule has 0 radical (unpaired) electrons. The van der Waals surface area contributed by atoms with Gasteiger partial charge in [0.25, 0.3) is 0 Å². The van der Waals surface area contributed by atoms with Gasteiger partial charge in [-0.15, -0.1) is 0 Å². The Labute approximate surface area is 282 Å². The van der Waals surface area contributed by atoms with Gasteiger partial charge in [-0.1, -0.05) is 48.5 Å². The third-order valence-corrected chi connectivity index (χ3v) is 14.2. The zero-order valence-corrected chi connectivity index (χ0v) is 31.2. The molecule has 9 heteroatoms. The van der Waals surface area contributed by atoms with Gasteiger partial charge >= 0.3 is 10.4 Å². The van der Waals surface area contributed by atoms with Crippen molar-refractivity contribution in [2.24, 2.45) is 58.2 Å². The summed E-state index contributed by atoms with van der Waals surface area (Å²) < 4.78 is 37.2. The smallest absolute Gasteiger partial charge is 0.393 e. The fourth-order valence-electron chi connectivity index (χ4n) is 11.0. The Balaban J connectivity index is 1.25. The predicted octanol–water partition coefficient (Wildman–Crippen LogP) is 6.45. The number of rotatable bonds is 18.